The van der Waals surface area contributed by atoms with Crippen molar-refractivity contribution in [3.8, 4) is 0 Å². The quantitative estimate of drug-likeness (QED) is 0.151. The number of amides is 2. The predicted molar refractivity (Wildman–Crippen MR) is 236 cm³/mol. The minimum absolute atomic E-state index is 0.0991. The summed E-state index contributed by atoms with van der Waals surface area (Å²) in [5.41, 5.74) is 7.58. The highest BCUT2D eigenvalue weighted by Gasteiger charge is 2.40. The van der Waals surface area contributed by atoms with Gasteiger partial charge in [0.15, 0.2) is 5.82 Å². The summed E-state index contributed by atoms with van der Waals surface area (Å²) in [5, 5.41) is 8.46. The van der Waals surface area contributed by atoms with Crippen LogP contribution in [0.1, 0.15) is 94.6 Å². The number of nitrogens with one attached hydrogen (secondary N) is 3. The molecule has 3 N–H and O–H groups in total. The number of rotatable bonds is 7. The molecule has 0 bridgehead atoms. The minimum atomic E-state index is -0.382. The van der Waals surface area contributed by atoms with Gasteiger partial charge in [0.1, 0.15) is 5.69 Å². The summed E-state index contributed by atoms with van der Waals surface area (Å²) < 4.78 is 0. The molecule has 4 aliphatic rings. The summed E-state index contributed by atoms with van der Waals surface area (Å²) in [6.07, 6.45) is 13.1. The molecule has 9 rings (SSSR count). The summed E-state index contributed by atoms with van der Waals surface area (Å²) in [7, 11) is 1.59. The van der Waals surface area contributed by atoms with Crippen LogP contribution in [0.5, 0.6) is 0 Å². The highest BCUT2D eigenvalue weighted by atomic mass is 35.5. The molecule has 2 unspecified atom stereocenters. The molecule has 3 aromatic carbocycles. The number of hydrogen-bond donors (Lipinski definition) is 3. The molecular formula is C46H46Cl3N7O2. The van der Waals surface area contributed by atoms with E-state index in [-0.39, 0.29) is 23.8 Å². The Morgan fingerprint density at radius 2 is 1.64 bits per heavy atom. The molecule has 2 amide bonds. The number of carbonyl (C=O) groups excluding carboxylic acids is 2. The standard InChI is InChI=1S/C46H46Cl3N7O2/c1-27-10-9-17-56-42(33-16-15-30(47)24-35(33)49)34-23-31(48)25-36-39(34)40(43(56)38(27)28-11-5-3-6-12-28)41(52-36)46(58)53-37-22-29(45(57)50-2)26-51-44(37)55-20-18-54(19-21-55)32-13-7-4-8-14-32/h3,5-6,9,11-12,15-17,22-27,32,42,52H,4,7-8,10,13-14,18-21H2,1-2H3,(H,50,57)(H,53,58). The van der Waals surface area contributed by atoms with Crippen LogP contribution < -0.4 is 15.5 Å². The van der Waals surface area contributed by atoms with Crippen LogP contribution in [0.15, 0.2) is 85.2 Å². The van der Waals surface area contributed by atoms with Gasteiger partial charge in [0.2, 0.25) is 0 Å². The minimum Gasteiger partial charge on any atom is -0.355 e. The van der Waals surface area contributed by atoms with E-state index in [1.807, 2.05) is 42.5 Å². The van der Waals surface area contributed by atoms with Crippen molar-refractivity contribution in [3.05, 3.63) is 134 Å². The lowest BCUT2D eigenvalue weighted by Gasteiger charge is -2.41. The number of halogens is 3. The molecule has 1 aliphatic carbocycles. The maximum atomic E-state index is 15.1. The molecule has 1 saturated carbocycles. The van der Waals surface area contributed by atoms with E-state index in [1.54, 1.807) is 25.4 Å². The first-order chi connectivity index (χ1) is 28.2. The van der Waals surface area contributed by atoms with Crippen molar-refractivity contribution in [2.45, 2.75) is 57.5 Å². The highest BCUT2D eigenvalue weighted by Crippen LogP contribution is 2.53. The zero-order valence-electron chi connectivity index (χ0n) is 32.6. The number of allylic oxidation sites excluding steroid dienone is 2. The Labute approximate surface area is 354 Å². The molecule has 2 atom stereocenters. The van der Waals surface area contributed by atoms with Crippen molar-refractivity contribution in [1.29, 1.82) is 0 Å². The van der Waals surface area contributed by atoms with Gasteiger partial charge in [-0.05, 0) is 77.8 Å². The van der Waals surface area contributed by atoms with Gasteiger partial charge in [-0.2, -0.15) is 0 Å². The van der Waals surface area contributed by atoms with Crippen LogP contribution in [-0.4, -0.2) is 70.9 Å². The number of pyridine rings is 1. The Balaban J connectivity index is 1.20. The van der Waals surface area contributed by atoms with Crippen molar-refractivity contribution in [3.63, 3.8) is 0 Å². The fourth-order valence-corrected chi connectivity index (χ4v) is 10.3. The van der Waals surface area contributed by atoms with Gasteiger partial charge in [0.05, 0.1) is 23.0 Å². The third-order valence-corrected chi connectivity index (χ3v) is 13.1. The van der Waals surface area contributed by atoms with Crippen molar-refractivity contribution < 1.29 is 9.59 Å². The van der Waals surface area contributed by atoms with Crippen LogP contribution >= 0.6 is 34.8 Å². The van der Waals surface area contributed by atoms with Crippen LogP contribution in [0.2, 0.25) is 15.1 Å². The number of nitrogens with zero attached hydrogens (tertiary/aromatic N) is 4. The molecule has 12 heteroatoms. The Hall–Kier alpha value is -4.80. The first-order valence-electron chi connectivity index (χ1n) is 20.3. The van der Waals surface area contributed by atoms with Gasteiger partial charge in [0, 0.05) is 83.2 Å². The average molecular weight is 835 g/mol. The number of aromatic amines is 1. The van der Waals surface area contributed by atoms with Crippen molar-refractivity contribution in [2.24, 2.45) is 5.92 Å². The lowest BCUT2D eigenvalue weighted by molar-refractivity contribution is 0.0961. The molecule has 1 saturated heterocycles. The molecule has 0 spiro atoms. The number of hydrogen-bond acceptors (Lipinski definition) is 6. The Kier molecular flexibility index (Phi) is 10.7. The second-order valence-electron chi connectivity index (χ2n) is 15.9. The topological polar surface area (TPSA) is 96.6 Å². The summed E-state index contributed by atoms with van der Waals surface area (Å²) in [4.78, 5) is 43.5. The van der Waals surface area contributed by atoms with E-state index in [0.717, 1.165) is 77.0 Å². The molecular weight excluding hydrogens is 789 g/mol. The van der Waals surface area contributed by atoms with Gasteiger partial charge in [0.25, 0.3) is 11.8 Å². The summed E-state index contributed by atoms with van der Waals surface area (Å²) >= 11 is 20.4. The van der Waals surface area contributed by atoms with Gasteiger partial charge in [-0.3, -0.25) is 14.5 Å². The first kappa shape index (κ1) is 38.7. The number of anilines is 2. The van der Waals surface area contributed by atoms with E-state index in [9.17, 15) is 4.79 Å². The second kappa shape index (κ2) is 16.1. The fraction of sp³-hybridized carbons (Fsp3) is 0.326. The molecule has 58 heavy (non-hydrogen) atoms. The van der Waals surface area contributed by atoms with E-state index in [2.05, 4.69) is 61.6 Å². The van der Waals surface area contributed by atoms with Gasteiger partial charge >= 0.3 is 0 Å². The number of H-pyrrole nitrogens is 1. The number of aromatic nitrogens is 2. The zero-order valence-corrected chi connectivity index (χ0v) is 34.9. The smallest absolute Gasteiger partial charge is 0.272 e. The first-order valence-corrected chi connectivity index (χ1v) is 21.4. The number of fused-ring (bicyclic) bond motifs is 2. The van der Waals surface area contributed by atoms with E-state index in [1.165, 1.54) is 32.1 Å². The van der Waals surface area contributed by atoms with Crippen LogP contribution in [0.25, 0.3) is 22.2 Å². The normalized spacial score (nSPS) is 19.9. The van der Waals surface area contributed by atoms with Gasteiger partial charge in [-0.1, -0.05) is 103 Å². The predicted octanol–water partition coefficient (Wildman–Crippen LogP) is 10.4. The zero-order chi connectivity index (χ0) is 40.1. The van der Waals surface area contributed by atoms with E-state index in [4.69, 9.17) is 39.8 Å². The van der Waals surface area contributed by atoms with Crippen molar-refractivity contribution in [2.75, 3.05) is 43.4 Å². The van der Waals surface area contributed by atoms with Crippen LogP contribution in [0.3, 0.4) is 0 Å². The van der Waals surface area contributed by atoms with Gasteiger partial charge in [-0.25, -0.2) is 4.98 Å². The van der Waals surface area contributed by atoms with E-state index in [0.29, 0.717) is 43.9 Å². The van der Waals surface area contributed by atoms with Crippen LogP contribution in [-0.2, 0) is 0 Å². The van der Waals surface area contributed by atoms with Crippen LogP contribution in [0.4, 0.5) is 11.5 Å². The molecule has 5 aromatic rings. The second-order valence-corrected chi connectivity index (χ2v) is 17.1. The maximum Gasteiger partial charge on any atom is 0.272 e. The maximum absolute atomic E-state index is 15.1. The summed E-state index contributed by atoms with van der Waals surface area (Å²) in [6.45, 7) is 5.61. The highest BCUT2D eigenvalue weighted by molar-refractivity contribution is 6.35. The Morgan fingerprint density at radius 1 is 0.862 bits per heavy atom. The molecule has 9 nitrogen and oxygen atoms in total. The molecule has 298 valence electrons. The Morgan fingerprint density at radius 3 is 2.38 bits per heavy atom. The van der Waals surface area contributed by atoms with Crippen molar-refractivity contribution >= 4 is 80.3 Å². The summed E-state index contributed by atoms with van der Waals surface area (Å²) in [5.74, 6) is 0.111. The molecule has 0 radical (unpaired) electrons. The summed E-state index contributed by atoms with van der Waals surface area (Å²) in [6, 6.07) is 21.8. The molecule has 2 aromatic heterocycles. The molecule has 5 heterocycles. The largest absolute Gasteiger partial charge is 0.355 e. The average Bonchev–Trinajstić information content (AvgIpc) is 3.53. The van der Waals surface area contributed by atoms with Gasteiger partial charge in [-0.15, -0.1) is 0 Å². The van der Waals surface area contributed by atoms with E-state index >= 15 is 4.79 Å². The number of benzene rings is 3. The van der Waals surface area contributed by atoms with Gasteiger partial charge < -0.3 is 25.4 Å². The van der Waals surface area contributed by atoms with Crippen molar-refractivity contribution in [1.82, 2.24) is 25.1 Å². The molecule has 3 aliphatic heterocycles. The lowest BCUT2D eigenvalue weighted by Crippen LogP contribution is -2.51. The van der Waals surface area contributed by atoms with E-state index < -0.39 is 0 Å². The third-order valence-electron chi connectivity index (χ3n) is 12.3. The lowest BCUT2D eigenvalue weighted by atomic mass is 9.82. The SMILES string of the molecule is CNC(=O)c1cnc(N2CCN(C3CCCCC3)CC2)c(NC(=O)c2[nH]c3cc(Cl)cc4c3c2C2=C(c3ccccc3)C(C)CC=CN2C4c2ccc(Cl)cc2Cl)c1. The van der Waals surface area contributed by atoms with Crippen LogP contribution in [0, 0.1) is 5.92 Å². The number of carbonyl (C=O) groups is 2. The monoisotopic (exact) mass is 833 g/mol. The Bertz CT molecular complexity index is 2470. The number of piperazine rings is 1. The molecule has 2 fully saturated rings. The fourth-order valence-electron chi connectivity index (χ4n) is 9.60. The third kappa shape index (κ3) is 7.06.